The van der Waals surface area contributed by atoms with Crippen LogP contribution in [-0.2, 0) is 4.74 Å². The van der Waals surface area contributed by atoms with Gasteiger partial charge in [0.15, 0.2) is 6.23 Å². The Morgan fingerprint density at radius 2 is 2.20 bits per heavy atom. The largest absolute Gasteiger partial charge is 0.394 e. The topological polar surface area (TPSA) is 158 Å². The van der Waals surface area contributed by atoms with Gasteiger partial charge in [-0.15, -0.1) is 0 Å². The highest BCUT2D eigenvalue weighted by Crippen LogP contribution is 2.28. The summed E-state index contributed by atoms with van der Waals surface area (Å²) in [7, 11) is 0. The second kappa shape index (κ2) is 4.49. The summed E-state index contributed by atoms with van der Waals surface area (Å²) < 4.78 is 10.3. The summed E-state index contributed by atoms with van der Waals surface area (Å²) in [5.41, 5.74) is -1.49. The molecular formula is C9H10N4O7. The van der Waals surface area contributed by atoms with E-state index in [9.17, 15) is 20.2 Å². The molecule has 3 heterocycles. The van der Waals surface area contributed by atoms with Gasteiger partial charge in [-0.2, -0.15) is 4.98 Å². The molecule has 1 fully saturated rings. The molecule has 2 aromatic heterocycles. The third kappa shape index (κ3) is 1.68. The number of aliphatic hydroxyl groups excluding tert-OH is 3. The molecule has 1 aliphatic heterocycles. The highest BCUT2D eigenvalue weighted by Gasteiger charge is 2.44. The van der Waals surface area contributed by atoms with Crippen LogP contribution in [0, 0.1) is 5.21 Å². The first-order chi connectivity index (χ1) is 9.54. The standard InChI is InChI=1S/C9H10N4O7/c14-1-3-5(15)6(16)9(19-3)12-2-10-7-4(8(12)17)13(18)20-11-7/h2-3,5-6,9,14-16H,1H2/t3-,5-,6+,9-/m1/s1. The predicted molar refractivity (Wildman–Crippen MR) is 58.0 cm³/mol. The van der Waals surface area contributed by atoms with Crippen molar-refractivity contribution in [3.8, 4) is 0 Å². The minimum atomic E-state index is -1.45. The van der Waals surface area contributed by atoms with Crippen LogP contribution in [0.3, 0.4) is 0 Å². The lowest BCUT2D eigenvalue weighted by Gasteiger charge is -2.16. The second-order valence-electron chi connectivity index (χ2n) is 4.29. The Labute approximate surface area is 109 Å². The van der Waals surface area contributed by atoms with E-state index in [0.717, 1.165) is 10.9 Å². The third-order valence-electron chi connectivity index (χ3n) is 3.13. The van der Waals surface area contributed by atoms with Gasteiger partial charge in [0.05, 0.1) is 11.8 Å². The quantitative estimate of drug-likeness (QED) is 0.479. The zero-order valence-electron chi connectivity index (χ0n) is 9.86. The highest BCUT2D eigenvalue weighted by molar-refractivity contribution is 5.62. The van der Waals surface area contributed by atoms with E-state index in [1.165, 1.54) is 0 Å². The first-order valence-electron chi connectivity index (χ1n) is 5.63. The summed E-state index contributed by atoms with van der Waals surface area (Å²) >= 11 is 0. The molecule has 0 spiro atoms. The van der Waals surface area contributed by atoms with Crippen LogP contribution in [0.2, 0.25) is 0 Å². The molecule has 3 rings (SSSR count). The summed E-state index contributed by atoms with van der Waals surface area (Å²) in [5, 5.41) is 43.0. The van der Waals surface area contributed by atoms with Crippen LogP contribution in [-0.4, -0.2) is 54.9 Å². The van der Waals surface area contributed by atoms with E-state index in [-0.39, 0.29) is 10.6 Å². The highest BCUT2D eigenvalue weighted by atomic mass is 16.8. The van der Waals surface area contributed by atoms with Crippen molar-refractivity contribution in [3.63, 3.8) is 0 Å². The van der Waals surface area contributed by atoms with E-state index in [1.807, 2.05) is 0 Å². The minimum Gasteiger partial charge on any atom is -0.394 e. The molecule has 0 aliphatic carbocycles. The lowest BCUT2D eigenvalue weighted by atomic mass is 10.1. The van der Waals surface area contributed by atoms with Crippen LogP contribution < -0.4 is 10.5 Å². The second-order valence-corrected chi connectivity index (χ2v) is 4.29. The van der Waals surface area contributed by atoms with Gasteiger partial charge in [-0.1, -0.05) is 0 Å². The summed E-state index contributed by atoms with van der Waals surface area (Å²) in [6.45, 7) is -0.534. The Balaban J connectivity index is 2.09. The molecule has 0 amide bonds. The van der Waals surface area contributed by atoms with Gasteiger partial charge < -0.3 is 25.3 Å². The van der Waals surface area contributed by atoms with Crippen LogP contribution in [0.4, 0.5) is 0 Å². The number of aliphatic hydroxyl groups is 3. The molecule has 20 heavy (non-hydrogen) atoms. The predicted octanol–water partition coefficient (Wildman–Crippen LogP) is -3.37. The van der Waals surface area contributed by atoms with Crippen molar-refractivity contribution in [2.45, 2.75) is 24.5 Å². The van der Waals surface area contributed by atoms with Gasteiger partial charge in [-0.3, -0.25) is 14.0 Å². The number of hydrogen-bond donors (Lipinski definition) is 3. The monoisotopic (exact) mass is 286 g/mol. The smallest absolute Gasteiger partial charge is 0.347 e. The maximum absolute atomic E-state index is 12.1. The normalized spacial score (nSPS) is 30.1. The molecule has 1 saturated heterocycles. The number of aromatic nitrogens is 4. The van der Waals surface area contributed by atoms with Crippen molar-refractivity contribution in [1.82, 2.24) is 14.7 Å². The van der Waals surface area contributed by atoms with Gasteiger partial charge in [0, 0.05) is 0 Å². The van der Waals surface area contributed by atoms with E-state index in [1.54, 1.807) is 0 Å². The van der Waals surface area contributed by atoms with Crippen LogP contribution in [0.5, 0.6) is 0 Å². The lowest BCUT2D eigenvalue weighted by Crippen LogP contribution is -2.38. The Bertz CT molecular complexity index is 697. The van der Waals surface area contributed by atoms with Crippen molar-refractivity contribution in [1.29, 1.82) is 0 Å². The minimum absolute atomic E-state index is 0.109. The van der Waals surface area contributed by atoms with E-state index in [4.69, 9.17) is 9.84 Å². The van der Waals surface area contributed by atoms with Crippen molar-refractivity contribution in [3.05, 3.63) is 21.9 Å². The van der Waals surface area contributed by atoms with Crippen LogP contribution in [0.1, 0.15) is 6.23 Å². The molecule has 4 atom stereocenters. The fourth-order valence-corrected chi connectivity index (χ4v) is 2.08. The van der Waals surface area contributed by atoms with Gasteiger partial charge >= 0.3 is 16.7 Å². The fourth-order valence-electron chi connectivity index (χ4n) is 2.08. The van der Waals surface area contributed by atoms with E-state index < -0.39 is 42.2 Å². The van der Waals surface area contributed by atoms with Crippen molar-refractivity contribution < 1.29 is 29.6 Å². The van der Waals surface area contributed by atoms with Gasteiger partial charge in [0.2, 0.25) is 0 Å². The van der Waals surface area contributed by atoms with Crippen molar-refractivity contribution in [2.75, 3.05) is 6.61 Å². The number of nitrogens with zero attached hydrogens (tertiary/aromatic N) is 4. The maximum atomic E-state index is 12.1. The van der Waals surface area contributed by atoms with Crippen LogP contribution >= 0.6 is 0 Å². The van der Waals surface area contributed by atoms with Crippen molar-refractivity contribution >= 4 is 11.2 Å². The van der Waals surface area contributed by atoms with E-state index >= 15 is 0 Å². The van der Waals surface area contributed by atoms with Crippen LogP contribution in [0.25, 0.3) is 11.2 Å². The summed E-state index contributed by atoms with van der Waals surface area (Å²) in [5.74, 6) is 0. The number of hydrogen-bond acceptors (Lipinski definition) is 9. The van der Waals surface area contributed by atoms with Gasteiger partial charge in [0.25, 0.3) is 0 Å². The van der Waals surface area contributed by atoms with Gasteiger partial charge in [-0.05, 0) is 4.90 Å². The maximum Gasteiger partial charge on any atom is 0.347 e. The molecule has 0 aromatic carbocycles. The summed E-state index contributed by atoms with van der Waals surface area (Å²) in [6.07, 6.45) is -4.13. The molecule has 11 heteroatoms. The zero-order valence-corrected chi connectivity index (χ0v) is 9.86. The molecule has 2 aromatic rings. The van der Waals surface area contributed by atoms with Crippen molar-refractivity contribution in [2.24, 2.45) is 0 Å². The summed E-state index contributed by atoms with van der Waals surface area (Å²) in [6, 6.07) is 0. The fraction of sp³-hybridized carbons (Fsp3) is 0.556. The molecule has 3 N–H and O–H groups in total. The molecular weight excluding hydrogens is 276 g/mol. The third-order valence-corrected chi connectivity index (χ3v) is 3.13. The number of fused-ring (bicyclic) bond motifs is 1. The molecule has 0 saturated carbocycles. The Hall–Kier alpha value is -2.08. The first kappa shape index (κ1) is 12.9. The Morgan fingerprint density at radius 1 is 1.45 bits per heavy atom. The van der Waals surface area contributed by atoms with Gasteiger partial charge in [-0.25, -0.2) is 0 Å². The van der Waals surface area contributed by atoms with Gasteiger partial charge in [0.1, 0.15) is 24.6 Å². The average molecular weight is 286 g/mol. The Kier molecular flexibility index (Phi) is 2.90. The molecule has 0 unspecified atom stereocenters. The zero-order chi connectivity index (χ0) is 14.4. The summed E-state index contributed by atoms with van der Waals surface area (Å²) in [4.78, 5) is 15.7. The average Bonchev–Trinajstić information content (AvgIpc) is 2.94. The van der Waals surface area contributed by atoms with Crippen LogP contribution in [0.15, 0.2) is 15.8 Å². The van der Waals surface area contributed by atoms with E-state index in [2.05, 4.69) is 14.8 Å². The Morgan fingerprint density at radius 3 is 2.85 bits per heavy atom. The number of rotatable bonds is 2. The SMILES string of the molecule is O=c1c2c(ncn1[C@@H]1O[C@H](CO)[C@@H](O)[C@@H]1O)no[n+]2[O-]. The lowest BCUT2D eigenvalue weighted by molar-refractivity contribution is -0.782. The molecule has 1 aliphatic rings. The molecule has 0 radical (unpaired) electrons. The molecule has 0 bridgehead atoms. The molecule has 108 valence electrons. The molecule has 11 nitrogen and oxygen atoms in total. The number of ether oxygens (including phenoxy) is 1. The first-order valence-corrected chi connectivity index (χ1v) is 5.63. The van der Waals surface area contributed by atoms with E-state index in [0.29, 0.717) is 0 Å².